The van der Waals surface area contributed by atoms with Gasteiger partial charge in [0.05, 0.1) is 5.69 Å². The molecule has 0 amide bonds. The lowest BCUT2D eigenvalue weighted by Gasteiger charge is -2.21. The van der Waals surface area contributed by atoms with Crippen molar-refractivity contribution < 1.29 is 4.39 Å². The van der Waals surface area contributed by atoms with Crippen LogP contribution >= 0.6 is 0 Å². The highest BCUT2D eigenvalue weighted by Gasteiger charge is 2.08. The molecule has 0 radical (unpaired) electrons. The summed E-state index contributed by atoms with van der Waals surface area (Å²) in [5.41, 5.74) is 1.70. The lowest BCUT2D eigenvalue weighted by molar-refractivity contribution is 0.573. The summed E-state index contributed by atoms with van der Waals surface area (Å²) in [6, 6.07) is 5.54. The Morgan fingerprint density at radius 3 is 2.63 bits per heavy atom. The summed E-state index contributed by atoms with van der Waals surface area (Å²) in [5.74, 6) is 0.519. The van der Waals surface area contributed by atoms with Crippen LogP contribution in [0.4, 0.5) is 10.1 Å². The second kappa shape index (κ2) is 8.16. The number of hydrogen-bond donors (Lipinski definition) is 1. The molecule has 0 aliphatic heterocycles. The Bertz CT molecular complexity index is 377. The van der Waals surface area contributed by atoms with Crippen LogP contribution in [-0.2, 0) is 6.54 Å². The SMILES string of the molecule is CCCNCc1ccc(N(C)CCC(C)C)c(F)c1. The molecule has 0 saturated carbocycles. The summed E-state index contributed by atoms with van der Waals surface area (Å²) < 4.78 is 14.1. The van der Waals surface area contributed by atoms with Crippen LogP contribution in [0.25, 0.3) is 0 Å². The molecule has 1 aromatic carbocycles. The predicted octanol–water partition coefficient (Wildman–Crippen LogP) is 3.81. The van der Waals surface area contributed by atoms with E-state index in [0.717, 1.165) is 38.0 Å². The Morgan fingerprint density at radius 1 is 1.32 bits per heavy atom. The largest absolute Gasteiger partial charge is 0.372 e. The Balaban J connectivity index is 2.60. The molecule has 0 heterocycles. The van der Waals surface area contributed by atoms with Crippen LogP contribution in [-0.4, -0.2) is 20.1 Å². The lowest BCUT2D eigenvalue weighted by atomic mass is 10.1. The molecule has 0 aliphatic carbocycles. The topological polar surface area (TPSA) is 15.3 Å². The summed E-state index contributed by atoms with van der Waals surface area (Å²) >= 11 is 0. The van der Waals surface area contributed by atoms with Gasteiger partial charge in [0.15, 0.2) is 0 Å². The van der Waals surface area contributed by atoms with E-state index in [0.29, 0.717) is 11.6 Å². The van der Waals surface area contributed by atoms with Gasteiger partial charge in [0.25, 0.3) is 0 Å². The third-order valence-electron chi connectivity index (χ3n) is 3.22. The third-order valence-corrected chi connectivity index (χ3v) is 3.22. The number of nitrogens with zero attached hydrogens (tertiary/aromatic N) is 1. The molecule has 0 aromatic heterocycles. The molecule has 0 spiro atoms. The molecule has 19 heavy (non-hydrogen) atoms. The maximum Gasteiger partial charge on any atom is 0.146 e. The zero-order valence-electron chi connectivity index (χ0n) is 12.7. The van der Waals surface area contributed by atoms with Gasteiger partial charge in [0.2, 0.25) is 0 Å². The van der Waals surface area contributed by atoms with Crippen molar-refractivity contribution in [1.29, 1.82) is 0 Å². The van der Waals surface area contributed by atoms with Crippen molar-refractivity contribution in [2.75, 3.05) is 25.0 Å². The Kier molecular flexibility index (Phi) is 6.85. The number of halogens is 1. The van der Waals surface area contributed by atoms with Gasteiger partial charge in [0.1, 0.15) is 5.82 Å². The van der Waals surface area contributed by atoms with E-state index in [2.05, 4.69) is 26.1 Å². The second-order valence-corrected chi connectivity index (χ2v) is 5.57. The van der Waals surface area contributed by atoms with Gasteiger partial charge in [-0.2, -0.15) is 0 Å². The number of hydrogen-bond acceptors (Lipinski definition) is 2. The molecular weight excluding hydrogens is 239 g/mol. The first-order chi connectivity index (χ1) is 9.04. The molecule has 0 fully saturated rings. The minimum Gasteiger partial charge on any atom is -0.372 e. The van der Waals surface area contributed by atoms with Crippen LogP contribution in [0.1, 0.15) is 39.2 Å². The van der Waals surface area contributed by atoms with Gasteiger partial charge < -0.3 is 10.2 Å². The summed E-state index contributed by atoms with van der Waals surface area (Å²) in [7, 11) is 1.95. The normalized spacial score (nSPS) is 11.1. The highest BCUT2D eigenvalue weighted by Crippen LogP contribution is 2.20. The van der Waals surface area contributed by atoms with E-state index in [-0.39, 0.29) is 5.82 Å². The van der Waals surface area contributed by atoms with Gasteiger partial charge in [-0.3, -0.25) is 0 Å². The number of anilines is 1. The lowest BCUT2D eigenvalue weighted by Crippen LogP contribution is -2.21. The molecule has 2 nitrogen and oxygen atoms in total. The molecule has 0 unspecified atom stereocenters. The monoisotopic (exact) mass is 266 g/mol. The minimum absolute atomic E-state index is 0.123. The van der Waals surface area contributed by atoms with Crippen LogP contribution in [0.15, 0.2) is 18.2 Å². The van der Waals surface area contributed by atoms with Crippen molar-refractivity contribution in [1.82, 2.24) is 5.32 Å². The van der Waals surface area contributed by atoms with Crippen molar-refractivity contribution in [2.24, 2.45) is 5.92 Å². The molecule has 1 rings (SSSR count). The fourth-order valence-electron chi connectivity index (χ4n) is 1.95. The van der Waals surface area contributed by atoms with Gasteiger partial charge >= 0.3 is 0 Å². The van der Waals surface area contributed by atoms with Crippen LogP contribution in [0, 0.1) is 11.7 Å². The molecule has 0 atom stereocenters. The van der Waals surface area contributed by atoms with Crippen molar-refractivity contribution in [3.05, 3.63) is 29.6 Å². The number of benzene rings is 1. The van der Waals surface area contributed by atoms with E-state index in [1.54, 1.807) is 6.07 Å². The second-order valence-electron chi connectivity index (χ2n) is 5.57. The fourth-order valence-corrected chi connectivity index (χ4v) is 1.95. The van der Waals surface area contributed by atoms with Crippen LogP contribution < -0.4 is 10.2 Å². The molecular formula is C16H27FN2. The summed E-state index contributed by atoms with van der Waals surface area (Å²) in [4.78, 5) is 2.00. The standard InChI is InChI=1S/C16H27FN2/c1-5-9-18-12-14-6-7-16(15(17)11-14)19(4)10-8-13(2)3/h6-7,11,13,18H,5,8-10,12H2,1-4H3. The third kappa shape index (κ3) is 5.60. The molecule has 0 saturated heterocycles. The zero-order chi connectivity index (χ0) is 14.3. The first kappa shape index (κ1) is 16.0. The van der Waals surface area contributed by atoms with Crippen molar-refractivity contribution in [3.8, 4) is 0 Å². The molecule has 1 aromatic rings. The fraction of sp³-hybridized carbons (Fsp3) is 0.625. The zero-order valence-corrected chi connectivity index (χ0v) is 12.7. The quantitative estimate of drug-likeness (QED) is 0.720. The van der Waals surface area contributed by atoms with Crippen molar-refractivity contribution in [3.63, 3.8) is 0 Å². The summed E-state index contributed by atoms with van der Waals surface area (Å²) in [5, 5.41) is 3.29. The maximum absolute atomic E-state index is 14.1. The van der Waals surface area contributed by atoms with Gasteiger partial charge in [-0.1, -0.05) is 26.8 Å². The molecule has 0 bridgehead atoms. The maximum atomic E-state index is 14.1. The van der Waals surface area contributed by atoms with E-state index >= 15 is 0 Å². The van der Waals surface area contributed by atoms with E-state index in [9.17, 15) is 4.39 Å². The molecule has 3 heteroatoms. The highest BCUT2D eigenvalue weighted by molar-refractivity contribution is 5.48. The average Bonchev–Trinajstić information content (AvgIpc) is 2.36. The van der Waals surface area contributed by atoms with Crippen molar-refractivity contribution in [2.45, 2.75) is 40.2 Å². The Hall–Kier alpha value is -1.09. The minimum atomic E-state index is -0.123. The first-order valence-electron chi connectivity index (χ1n) is 7.24. The van der Waals surface area contributed by atoms with Gasteiger partial charge in [-0.15, -0.1) is 0 Å². The first-order valence-corrected chi connectivity index (χ1v) is 7.24. The van der Waals surface area contributed by atoms with Gasteiger partial charge in [-0.25, -0.2) is 4.39 Å². The van der Waals surface area contributed by atoms with E-state index in [1.165, 1.54) is 0 Å². The summed E-state index contributed by atoms with van der Waals surface area (Å²) in [6.45, 7) is 9.10. The van der Waals surface area contributed by atoms with E-state index < -0.39 is 0 Å². The van der Waals surface area contributed by atoms with E-state index in [4.69, 9.17) is 0 Å². The van der Waals surface area contributed by atoms with Crippen LogP contribution in [0.5, 0.6) is 0 Å². The van der Waals surface area contributed by atoms with Crippen LogP contribution in [0.3, 0.4) is 0 Å². The van der Waals surface area contributed by atoms with Gasteiger partial charge in [-0.05, 0) is 43.0 Å². The molecule has 108 valence electrons. The van der Waals surface area contributed by atoms with Gasteiger partial charge in [0, 0.05) is 20.1 Å². The summed E-state index contributed by atoms with van der Waals surface area (Å²) in [6.07, 6.45) is 2.17. The van der Waals surface area contributed by atoms with Crippen molar-refractivity contribution >= 4 is 5.69 Å². The van der Waals surface area contributed by atoms with E-state index in [1.807, 2.05) is 24.1 Å². The highest BCUT2D eigenvalue weighted by atomic mass is 19.1. The predicted molar refractivity (Wildman–Crippen MR) is 81.1 cm³/mol. The smallest absolute Gasteiger partial charge is 0.146 e. The molecule has 1 N–H and O–H groups in total. The number of rotatable bonds is 8. The number of nitrogens with one attached hydrogen (secondary N) is 1. The molecule has 0 aliphatic rings. The Labute approximate surface area is 117 Å². The Morgan fingerprint density at radius 2 is 2.05 bits per heavy atom. The average molecular weight is 266 g/mol. The van der Waals surface area contributed by atoms with Crippen LogP contribution in [0.2, 0.25) is 0 Å².